The molecule has 0 saturated carbocycles. The van der Waals surface area contributed by atoms with Gasteiger partial charge in [-0.15, -0.1) is 0 Å². The Balaban J connectivity index is 1.17. The first-order valence-electron chi connectivity index (χ1n) is 11.2. The van der Waals surface area contributed by atoms with Crippen LogP contribution in [0.5, 0.6) is 0 Å². The van der Waals surface area contributed by atoms with Gasteiger partial charge in [-0.3, -0.25) is 24.2 Å². The topological polar surface area (TPSA) is 83.9 Å². The van der Waals surface area contributed by atoms with Gasteiger partial charge in [0, 0.05) is 61.9 Å². The monoisotopic (exact) mass is 446 g/mol. The van der Waals surface area contributed by atoms with Crippen LogP contribution >= 0.6 is 0 Å². The number of nitrogens with zero attached hydrogens (tertiary/aromatic N) is 3. The van der Waals surface area contributed by atoms with E-state index in [9.17, 15) is 14.4 Å². The minimum absolute atomic E-state index is 0.0457. The molecule has 8 heteroatoms. The van der Waals surface area contributed by atoms with E-state index in [1.165, 1.54) is 0 Å². The molecule has 2 aliphatic rings. The number of carbonyl (C=O) groups is 3. The van der Waals surface area contributed by atoms with Crippen LogP contribution < -0.4 is 5.32 Å². The molecule has 170 valence electrons. The van der Waals surface area contributed by atoms with Gasteiger partial charge in [0.1, 0.15) is 0 Å². The molecule has 8 nitrogen and oxygen atoms in total. The molecule has 0 radical (unpaired) electrons. The summed E-state index contributed by atoms with van der Waals surface area (Å²) in [6.07, 6.45) is 2.11. The number of hydrogen-bond acceptors (Lipinski definition) is 5. The lowest BCUT2D eigenvalue weighted by Crippen LogP contribution is -2.38. The third-order valence-electron chi connectivity index (χ3n) is 6.26. The number of amides is 3. The molecule has 0 unspecified atom stereocenters. The number of morpholine rings is 1. The highest BCUT2D eigenvalue weighted by molar-refractivity contribution is 6.21. The first-order valence-corrected chi connectivity index (χ1v) is 11.2. The zero-order valence-electron chi connectivity index (χ0n) is 18.3. The number of imide groups is 1. The number of nitrogens with one attached hydrogen (secondary N) is 1. The molecule has 3 aromatic rings. The van der Waals surface area contributed by atoms with Gasteiger partial charge in [0.15, 0.2) is 0 Å². The van der Waals surface area contributed by atoms with E-state index in [0.29, 0.717) is 16.8 Å². The average molecular weight is 447 g/mol. The SMILES string of the molecule is O=C(CCN1C(=O)c2ccccc2C1=O)Nc1ccc2c(ccn2CCN2CCOCC2)c1. The zero-order valence-corrected chi connectivity index (χ0v) is 18.3. The minimum Gasteiger partial charge on any atom is -0.379 e. The van der Waals surface area contributed by atoms with Gasteiger partial charge in [-0.25, -0.2) is 0 Å². The van der Waals surface area contributed by atoms with E-state index in [-0.39, 0.29) is 30.7 Å². The fourth-order valence-electron chi connectivity index (χ4n) is 4.43. The van der Waals surface area contributed by atoms with Gasteiger partial charge in [0.2, 0.25) is 5.91 Å². The third-order valence-corrected chi connectivity index (χ3v) is 6.26. The van der Waals surface area contributed by atoms with Gasteiger partial charge in [-0.1, -0.05) is 12.1 Å². The summed E-state index contributed by atoms with van der Waals surface area (Å²) >= 11 is 0. The van der Waals surface area contributed by atoms with E-state index in [0.717, 1.165) is 55.2 Å². The van der Waals surface area contributed by atoms with Crippen LogP contribution in [0.2, 0.25) is 0 Å². The van der Waals surface area contributed by atoms with E-state index < -0.39 is 0 Å². The van der Waals surface area contributed by atoms with Crippen molar-refractivity contribution in [2.75, 3.05) is 44.7 Å². The van der Waals surface area contributed by atoms with Gasteiger partial charge in [0.25, 0.3) is 11.8 Å². The summed E-state index contributed by atoms with van der Waals surface area (Å²) in [6, 6.07) is 14.6. The third kappa shape index (κ3) is 4.40. The highest BCUT2D eigenvalue weighted by atomic mass is 16.5. The second-order valence-corrected chi connectivity index (χ2v) is 8.34. The molecule has 3 heterocycles. The summed E-state index contributed by atoms with van der Waals surface area (Å²) in [5, 5.41) is 3.93. The Morgan fingerprint density at radius 3 is 2.36 bits per heavy atom. The average Bonchev–Trinajstić information content (AvgIpc) is 3.35. The fraction of sp³-hybridized carbons (Fsp3) is 0.320. The Morgan fingerprint density at radius 1 is 0.909 bits per heavy atom. The number of ether oxygens (including phenoxy) is 1. The van der Waals surface area contributed by atoms with Gasteiger partial charge >= 0.3 is 0 Å². The van der Waals surface area contributed by atoms with Crippen LogP contribution in [0, 0.1) is 0 Å². The second-order valence-electron chi connectivity index (χ2n) is 8.34. The molecule has 1 saturated heterocycles. The quantitative estimate of drug-likeness (QED) is 0.564. The van der Waals surface area contributed by atoms with Crippen LogP contribution in [-0.4, -0.2) is 71.5 Å². The van der Waals surface area contributed by atoms with Crippen LogP contribution in [0.1, 0.15) is 27.1 Å². The molecule has 1 aromatic heterocycles. The van der Waals surface area contributed by atoms with Gasteiger partial charge in [-0.2, -0.15) is 0 Å². The van der Waals surface area contributed by atoms with Gasteiger partial charge < -0.3 is 14.6 Å². The van der Waals surface area contributed by atoms with Crippen LogP contribution in [-0.2, 0) is 16.1 Å². The van der Waals surface area contributed by atoms with Crippen molar-refractivity contribution >= 4 is 34.3 Å². The lowest BCUT2D eigenvalue weighted by molar-refractivity contribution is -0.116. The molecule has 1 N–H and O–H groups in total. The maximum Gasteiger partial charge on any atom is 0.261 e. The predicted octanol–water partition coefficient (Wildman–Crippen LogP) is 2.60. The smallest absolute Gasteiger partial charge is 0.261 e. The molecule has 1 fully saturated rings. The molecule has 2 aliphatic heterocycles. The van der Waals surface area contributed by atoms with Crippen molar-refractivity contribution in [3.63, 3.8) is 0 Å². The normalized spacial score (nSPS) is 16.4. The summed E-state index contributed by atoms with van der Waals surface area (Å²) in [7, 11) is 0. The van der Waals surface area contributed by atoms with Gasteiger partial charge in [0.05, 0.1) is 24.3 Å². The minimum atomic E-state index is -0.344. The molecule has 0 aliphatic carbocycles. The van der Waals surface area contributed by atoms with E-state index in [1.54, 1.807) is 24.3 Å². The van der Waals surface area contributed by atoms with Crippen molar-refractivity contribution < 1.29 is 19.1 Å². The summed E-state index contributed by atoms with van der Waals surface area (Å²) in [5.74, 6) is -0.927. The van der Waals surface area contributed by atoms with Crippen molar-refractivity contribution in [3.8, 4) is 0 Å². The second kappa shape index (κ2) is 9.17. The highest BCUT2D eigenvalue weighted by Gasteiger charge is 2.34. The predicted molar refractivity (Wildman–Crippen MR) is 124 cm³/mol. The van der Waals surface area contributed by atoms with Crippen LogP contribution in [0.25, 0.3) is 10.9 Å². The number of carbonyl (C=O) groups excluding carboxylic acids is 3. The lowest BCUT2D eigenvalue weighted by Gasteiger charge is -2.26. The Hall–Kier alpha value is -3.49. The van der Waals surface area contributed by atoms with Crippen molar-refractivity contribution in [3.05, 3.63) is 65.9 Å². The number of anilines is 1. The van der Waals surface area contributed by atoms with E-state index >= 15 is 0 Å². The molecule has 0 atom stereocenters. The first kappa shape index (κ1) is 21.4. The lowest BCUT2D eigenvalue weighted by atomic mass is 10.1. The van der Waals surface area contributed by atoms with Crippen LogP contribution in [0.4, 0.5) is 5.69 Å². The standard InChI is InChI=1S/C25H26N4O4/c30-23(8-10-29-24(31)20-3-1-2-4-21(20)25(29)32)26-19-5-6-22-18(17-19)7-9-28(22)12-11-27-13-15-33-16-14-27/h1-7,9,17H,8,10-16H2,(H,26,30). The maximum atomic E-state index is 12.5. The zero-order chi connectivity index (χ0) is 22.8. The summed E-state index contributed by atoms with van der Waals surface area (Å²) in [6.45, 7) is 5.45. The molecule has 33 heavy (non-hydrogen) atoms. The highest BCUT2D eigenvalue weighted by Crippen LogP contribution is 2.23. The number of benzene rings is 2. The Bertz CT molecular complexity index is 1180. The number of fused-ring (bicyclic) bond motifs is 2. The van der Waals surface area contributed by atoms with E-state index in [2.05, 4.69) is 21.0 Å². The van der Waals surface area contributed by atoms with Crippen molar-refractivity contribution in [2.45, 2.75) is 13.0 Å². The molecule has 0 spiro atoms. The number of aromatic nitrogens is 1. The molecule has 2 aromatic carbocycles. The molecule has 0 bridgehead atoms. The number of hydrogen-bond donors (Lipinski definition) is 1. The molecule has 3 amide bonds. The summed E-state index contributed by atoms with van der Waals surface area (Å²) < 4.78 is 7.63. The first-order chi connectivity index (χ1) is 16.1. The van der Waals surface area contributed by atoms with Gasteiger partial charge in [-0.05, 0) is 36.4 Å². The Labute approximate surface area is 191 Å². The molecule has 5 rings (SSSR count). The summed E-state index contributed by atoms with van der Waals surface area (Å²) in [4.78, 5) is 40.9. The van der Waals surface area contributed by atoms with Crippen molar-refractivity contribution in [1.29, 1.82) is 0 Å². The van der Waals surface area contributed by atoms with Crippen molar-refractivity contribution in [1.82, 2.24) is 14.4 Å². The molecular weight excluding hydrogens is 420 g/mol. The summed E-state index contributed by atoms with van der Waals surface area (Å²) in [5.41, 5.74) is 2.60. The Kier molecular flexibility index (Phi) is 5.93. The van der Waals surface area contributed by atoms with Crippen molar-refractivity contribution in [2.24, 2.45) is 0 Å². The van der Waals surface area contributed by atoms with Crippen LogP contribution in [0.3, 0.4) is 0 Å². The fourth-order valence-corrected chi connectivity index (χ4v) is 4.43. The van der Waals surface area contributed by atoms with E-state index in [1.807, 2.05) is 24.3 Å². The maximum absolute atomic E-state index is 12.5. The largest absolute Gasteiger partial charge is 0.379 e. The number of rotatable bonds is 7. The van der Waals surface area contributed by atoms with E-state index in [4.69, 9.17) is 4.74 Å². The Morgan fingerprint density at radius 2 is 1.64 bits per heavy atom. The molecular formula is C25H26N4O4. The van der Waals surface area contributed by atoms with Crippen LogP contribution in [0.15, 0.2) is 54.7 Å².